The Bertz CT molecular complexity index is 881. The molecule has 2 aromatic carbocycles. The van der Waals surface area contributed by atoms with Gasteiger partial charge in [0, 0.05) is 23.8 Å². The van der Waals surface area contributed by atoms with Crippen LogP contribution in [-0.2, 0) is 7.05 Å². The van der Waals surface area contributed by atoms with Gasteiger partial charge in [-0.3, -0.25) is 4.68 Å². The Kier molecular flexibility index (Phi) is 3.96. The first-order valence-corrected chi connectivity index (χ1v) is 7.60. The lowest BCUT2D eigenvalue weighted by atomic mass is 10.2. The molecule has 2 amide bonds. The molecule has 0 spiro atoms. The first-order valence-electron chi connectivity index (χ1n) is 7.22. The van der Waals surface area contributed by atoms with Crippen LogP contribution in [0.5, 0.6) is 0 Å². The molecular weight excluding hydrogens is 312 g/mol. The fourth-order valence-corrected chi connectivity index (χ4v) is 2.74. The molecule has 6 heteroatoms. The number of rotatable bonds is 2. The van der Waals surface area contributed by atoms with Crippen molar-refractivity contribution < 1.29 is 4.79 Å². The molecule has 1 heterocycles. The summed E-state index contributed by atoms with van der Waals surface area (Å²) in [4.78, 5) is 12.2. The maximum atomic E-state index is 12.2. The van der Waals surface area contributed by atoms with E-state index in [0.717, 1.165) is 22.2 Å². The maximum Gasteiger partial charge on any atom is 0.323 e. The van der Waals surface area contributed by atoms with Gasteiger partial charge in [0.15, 0.2) is 0 Å². The van der Waals surface area contributed by atoms with Gasteiger partial charge in [-0.05, 0) is 43.7 Å². The van der Waals surface area contributed by atoms with Crippen LogP contribution >= 0.6 is 11.6 Å². The molecule has 2 N–H and O–H groups in total. The van der Waals surface area contributed by atoms with Gasteiger partial charge in [0.05, 0.1) is 16.2 Å². The number of urea groups is 1. The van der Waals surface area contributed by atoms with Crippen molar-refractivity contribution in [1.29, 1.82) is 0 Å². The molecule has 118 valence electrons. The minimum absolute atomic E-state index is 0.340. The molecule has 3 aromatic rings. The van der Waals surface area contributed by atoms with Crippen molar-refractivity contribution in [1.82, 2.24) is 9.78 Å². The van der Waals surface area contributed by atoms with Crippen molar-refractivity contribution >= 4 is 39.9 Å². The van der Waals surface area contributed by atoms with Gasteiger partial charge in [0.25, 0.3) is 0 Å². The third-order valence-corrected chi connectivity index (χ3v) is 4.16. The summed E-state index contributed by atoms with van der Waals surface area (Å²) in [5.74, 6) is 0. The highest BCUT2D eigenvalue weighted by Gasteiger charge is 2.10. The van der Waals surface area contributed by atoms with E-state index in [2.05, 4.69) is 15.7 Å². The molecule has 0 fully saturated rings. The van der Waals surface area contributed by atoms with Crippen LogP contribution < -0.4 is 10.6 Å². The highest BCUT2D eigenvalue weighted by molar-refractivity contribution is 6.34. The van der Waals surface area contributed by atoms with Crippen molar-refractivity contribution in [2.24, 2.45) is 7.05 Å². The SMILES string of the molecule is Cc1cccc(Cl)c1NC(=O)Nc1ccc2c(C)n(C)nc2c1. The molecule has 3 rings (SSSR count). The van der Waals surface area contributed by atoms with Crippen LogP contribution in [0.3, 0.4) is 0 Å². The van der Waals surface area contributed by atoms with E-state index < -0.39 is 0 Å². The molecule has 0 radical (unpaired) electrons. The number of hydrogen-bond acceptors (Lipinski definition) is 2. The van der Waals surface area contributed by atoms with E-state index in [1.54, 1.807) is 6.07 Å². The van der Waals surface area contributed by atoms with E-state index in [9.17, 15) is 4.79 Å². The summed E-state index contributed by atoms with van der Waals surface area (Å²) in [5, 5.41) is 11.6. The van der Waals surface area contributed by atoms with Crippen molar-refractivity contribution in [3.8, 4) is 0 Å². The lowest BCUT2D eigenvalue weighted by molar-refractivity contribution is 0.262. The molecular formula is C17H17ClN4O. The van der Waals surface area contributed by atoms with Crippen LogP contribution in [0.25, 0.3) is 10.9 Å². The normalized spacial score (nSPS) is 10.8. The average molecular weight is 329 g/mol. The zero-order chi connectivity index (χ0) is 16.6. The largest absolute Gasteiger partial charge is 0.323 e. The topological polar surface area (TPSA) is 59.0 Å². The van der Waals surface area contributed by atoms with Crippen LogP contribution in [0, 0.1) is 13.8 Å². The Morgan fingerprint density at radius 1 is 1.17 bits per heavy atom. The van der Waals surface area contributed by atoms with E-state index >= 15 is 0 Å². The molecule has 5 nitrogen and oxygen atoms in total. The molecule has 0 bridgehead atoms. The lowest BCUT2D eigenvalue weighted by Gasteiger charge is -2.11. The molecule has 0 saturated heterocycles. The number of nitrogens with zero attached hydrogens (tertiary/aromatic N) is 2. The summed E-state index contributed by atoms with van der Waals surface area (Å²) in [7, 11) is 1.90. The predicted molar refractivity (Wildman–Crippen MR) is 94.3 cm³/mol. The molecule has 0 aliphatic heterocycles. The number of fused-ring (bicyclic) bond motifs is 1. The molecule has 0 unspecified atom stereocenters. The number of nitrogens with one attached hydrogen (secondary N) is 2. The van der Waals surface area contributed by atoms with E-state index in [0.29, 0.717) is 16.4 Å². The Balaban J connectivity index is 1.80. The van der Waals surface area contributed by atoms with Gasteiger partial charge in [-0.25, -0.2) is 4.79 Å². The summed E-state index contributed by atoms with van der Waals surface area (Å²) < 4.78 is 1.82. The number of benzene rings is 2. The Morgan fingerprint density at radius 3 is 2.70 bits per heavy atom. The number of hydrogen-bond donors (Lipinski definition) is 2. The third-order valence-electron chi connectivity index (χ3n) is 3.85. The second-order valence-corrected chi connectivity index (χ2v) is 5.86. The highest BCUT2D eigenvalue weighted by Crippen LogP contribution is 2.26. The van der Waals surface area contributed by atoms with Gasteiger partial charge in [-0.15, -0.1) is 0 Å². The molecule has 0 atom stereocenters. The van der Waals surface area contributed by atoms with Crippen molar-refractivity contribution in [3.63, 3.8) is 0 Å². The Labute approximate surface area is 139 Å². The number of anilines is 2. The van der Waals surface area contributed by atoms with Crippen LogP contribution in [-0.4, -0.2) is 15.8 Å². The number of carbonyl (C=O) groups excluding carboxylic acids is 1. The smallest absolute Gasteiger partial charge is 0.308 e. The number of para-hydroxylation sites is 1. The van der Waals surface area contributed by atoms with Gasteiger partial charge >= 0.3 is 6.03 Å². The Morgan fingerprint density at radius 2 is 1.96 bits per heavy atom. The van der Waals surface area contributed by atoms with Crippen LogP contribution in [0.1, 0.15) is 11.3 Å². The quantitative estimate of drug-likeness (QED) is 0.728. The highest BCUT2D eigenvalue weighted by atomic mass is 35.5. The number of aromatic nitrogens is 2. The van der Waals surface area contributed by atoms with Gasteiger partial charge in [0.1, 0.15) is 0 Å². The summed E-state index contributed by atoms with van der Waals surface area (Å²) in [6, 6.07) is 10.8. The molecule has 0 aliphatic carbocycles. The lowest BCUT2D eigenvalue weighted by Crippen LogP contribution is -2.20. The number of amides is 2. The van der Waals surface area contributed by atoms with Gasteiger partial charge in [-0.1, -0.05) is 23.7 Å². The molecule has 23 heavy (non-hydrogen) atoms. The standard InChI is InChI=1S/C17H17ClN4O/c1-10-5-4-6-14(18)16(10)20-17(23)19-12-7-8-13-11(2)22(3)21-15(13)9-12/h4-9H,1-3H3,(H2,19,20,23). The van der Waals surface area contributed by atoms with E-state index in [1.165, 1.54) is 0 Å². The van der Waals surface area contributed by atoms with Crippen LogP contribution in [0.4, 0.5) is 16.2 Å². The minimum atomic E-state index is -0.340. The monoisotopic (exact) mass is 328 g/mol. The second-order valence-electron chi connectivity index (χ2n) is 5.45. The summed E-state index contributed by atoms with van der Waals surface area (Å²) in [6.07, 6.45) is 0. The van der Waals surface area contributed by atoms with E-state index in [-0.39, 0.29) is 6.03 Å². The first-order chi connectivity index (χ1) is 11.0. The third kappa shape index (κ3) is 3.00. The average Bonchev–Trinajstić information content (AvgIpc) is 2.78. The predicted octanol–water partition coefficient (Wildman–Crippen LogP) is 4.49. The van der Waals surface area contributed by atoms with Crippen LogP contribution in [0.15, 0.2) is 36.4 Å². The van der Waals surface area contributed by atoms with Crippen molar-refractivity contribution in [3.05, 3.63) is 52.7 Å². The second kappa shape index (κ2) is 5.93. The fraction of sp³-hybridized carbons (Fsp3) is 0.176. The summed E-state index contributed by atoms with van der Waals surface area (Å²) >= 11 is 6.12. The van der Waals surface area contributed by atoms with Gasteiger partial charge < -0.3 is 10.6 Å². The van der Waals surface area contributed by atoms with E-state index in [1.807, 2.05) is 55.9 Å². The van der Waals surface area contributed by atoms with E-state index in [4.69, 9.17) is 11.6 Å². The van der Waals surface area contributed by atoms with Crippen molar-refractivity contribution in [2.45, 2.75) is 13.8 Å². The first kappa shape index (κ1) is 15.4. The molecule has 0 aliphatic rings. The number of halogens is 1. The van der Waals surface area contributed by atoms with Crippen LogP contribution in [0.2, 0.25) is 5.02 Å². The van der Waals surface area contributed by atoms with Crippen molar-refractivity contribution in [2.75, 3.05) is 10.6 Å². The zero-order valence-corrected chi connectivity index (χ0v) is 13.9. The summed E-state index contributed by atoms with van der Waals surface area (Å²) in [5.41, 5.74) is 4.13. The minimum Gasteiger partial charge on any atom is -0.308 e. The van der Waals surface area contributed by atoms with Gasteiger partial charge in [0.2, 0.25) is 0 Å². The Hall–Kier alpha value is -2.53. The summed E-state index contributed by atoms with van der Waals surface area (Å²) in [6.45, 7) is 3.90. The molecule has 0 saturated carbocycles. The number of aryl methyl sites for hydroxylation is 3. The fourth-order valence-electron chi connectivity index (χ4n) is 2.48. The maximum absolute atomic E-state index is 12.2. The number of carbonyl (C=O) groups is 1. The zero-order valence-electron chi connectivity index (χ0n) is 13.1. The van der Waals surface area contributed by atoms with Gasteiger partial charge in [-0.2, -0.15) is 5.10 Å². The molecule has 1 aromatic heterocycles.